The number of aryl methyl sites for hydroxylation is 1. The second kappa shape index (κ2) is 4.69. The average Bonchev–Trinajstić information content (AvgIpc) is 2.90. The van der Waals surface area contributed by atoms with Crippen molar-refractivity contribution in [1.82, 2.24) is 9.61 Å². The first-order valence-electron chi connectivity index (χ1n) is 6.35. The fourth-order valence-electron chi connectivity index (χ4n) is 2.16. The molecular formula is C16H14N2O. The second-order valence-electron chi connectivity index (χ2n) is 4.47. The maximum Gasteiger partial charge on any atom is 0.196 e. The third-order valence-corrected chi connectivity index (χ3v) is 3.30. The van der Waals surface area contributed by atoms with Crippen LogP contribution in [-0.2, 0) is 6.42 Å². The first-order valence-corrected chi connectivity index (χ1v) is 6.35. The third kappa shape index (κ3) is 2.03. The lowest BCUT2D eigenvalue weighted by Crippen LogP contribution is -2.01. The van der Waals surface area contributed by atoms with Gasteiger partial charge in [0.2, 0.25) is 0 Å². The molecule has 3 rings (SSSR count). The number of fused-ring (bicyclic) bond motifs is 1. The Bertz CT molecular complexity index is 726. The molecule has 0 radical (unpaired) electrons. The summed E-state index contributed by atoms with van der Waals surface area (Å²) in [5, 5.41) is 4.19. The minimum Gasteiger partial charge on any atom is -0.288 e. The number of nitrogens with zero attached hydrogens (tertiary/aromatic N) is 2. The molecule has 94 valence electrons. The highest BCUT2D eigenvalue weighted by molar-refractivity contribution is 6.12. The van der Waals surface area contributed by atoms with Crippen molar-refractivity contribution in [3.05, 3.63) is 71.5 Å². The highest BCUT2D eigenvalue weighted by atomic mass is 16.1. The van der Waals surface area contributed by atoms with Gasteiger partial charge in [-0.1, -0.05) is 37.3 Å². The molecule has 3 aromatic rings. The molecule has 19 heavy (non-hydrogen) atoms. The molecule has 0 amide bonds. The summed E-state index contributed by atoms with van der Waals surface area (Å²) < 4.78 is 1.72. The van der Waals surface area contributed by atoms with Crippen LogP contribution in [0.2, 0.25) is 0 Å². The standard InChI is InChI=1S/C16H14N2O/c1-2-12-6-8-13(9-7-12)16(19)14-11-17-18-10-4-3-5-15(14)18/h3-11H,2H2,1H3. The maximum atomic E-state index is 12.5. The quantitative estimate of drug-likeness (QED) is 0.669. The molecule has 2 heterocycles. The Morgan fingerprint density at radius 3 is 2.68 bits per heavy atom. The number of ketones is 1. The lowest BCUT2D eigenvalue weighted by atomic mass is 10.0. The van der Waals surface area contributed by atoms with Crippen LogP contribution in [0.25, 0.3) is 5.52 Å². The molecule has 0 spiro atoms. The molecule has 3 nitrogen and oxygen atoms in total. The third-order valence-electron chi connectivity index (χ3n) is 3.30. The normalized spacial score (nSPS) is 10.8. The van der Waals surface area contributed by atoms with Crippen LogP contribution in [0.15, 0.2) is 54.9 Å². The number of aromatic nitrogens is 2. The summed E-state index contributed by atoms with van der Waals surface area (Å²) in [7, 11) is 0. The van der Waals surface area contributed by atoms with E-state index in [0.29, 0.717) is 11.1 Å². The Morgan fingerprint density at radius 1 is 1.16 bits per heavy atom. The zero-order valence-electron chi connectivity index (χ0n) is 10.7. The summed E-state index contributed by atoms with van der Waals surface area (Å²) >= 11 is 0. The van der Waals surface area contributed by atoms with Crippen LogP contribution in [0.5, 0.6) is 0 Å². The van der Waals surface area contributed by atoms with Gasteiger partial charge in [-0.15, -0.1) is 0 Å². The van der Waals surface area contributed by atoms with E-state index in [1.807, 2.05) is 48.7 Å². The molecule has 0 unspecified atom stereocenters. The molecule has 0 fully saturated rings. The van der Waals surface area contributed by atoms with E-state index >= 15 is 0 Å². The van der Waals surface area contributed by atoms with Crippen LogP contribution in [0, 0.1) is 0 Å². The smallest absolute Gasteiger partial charge is 0.196 e. The van der Waals surface area contributed by atoms with Crippen LogP contribution in [0.4, 0.5) is 0 Å². The Kier molecular flexibility index (Phi) is 2.88. The van der Waals surface area contributed by atoms with E-state index in [2.05, 4.69) is 12.0 Å². The van der Waals surface area contributed by atoms with Crippen molar-refractivity contribution < 1.29 is 4.79 Å². The zero-order valence-corrected chi connectivity index (χ0v) is 10.7. The van der Waals surface area contributed by atoms with Crippen molar-refractivity contribution in [2.75, 3.05) is 0 Å². The van der Waals surface area contributed by atoms with Gasteiger partial charge < -0.3 is 0 Å². The van der Waals surface area contributed by atoms with Gasteiger partial charge in [0.1, 0.15) is 0 Å². The van der Waals surface area contributed by atoms with Crippen molar-refractivity contribution in [1.29, 1.82) is 0 Å². The van der Waals surface area contributed by atoms with Crippen molar-refractivity contribution in [2.24, 2.45) is 0 Å². The van der Waals surface area contributed by atoms with Gasteiger partial charge in [0.15, 0.2) is 5.78 Å². The van der Waals surface area contributed by atoms with Crippen molar-refractivity contribution in [3.8, 4) is 0 Å². The first-order chi connectivity index (χ1) is 9.29. The Hall–Kier alpha value is -2.42. The largest absolute Gasteiger partial charge is 0.288 e. The summed E-state index contributed by atoms with van der Waals surface area (Å²) in [6, 6.07) is 13.5. The monoisotopic (exact) mass is 250 g/mol. The van der Waals surface area contributed by atoms with E-state index in [4.69, 9.17) is 0 Å². The summed E-state index contributed by atoms with van der Waals surface area (Å²) in [4.78, 5) is 12.5. The number of carbonyl (C=O) groups is 1. The predicted molar refractivity (Wildman–Crippen MR) is 74.4 cm³/mol. The first kappa shape index (κ1) is 11.7. The van der Waals surface area contributed by atoms with Crippen molar-refractivity contribution >= 4 is 11.3 Å². The van der Waals surface area contributed by atoms with Gasteiger partial charge in [0.25, 0.3) is 0 Å². The zero-order chi connectivity index (χ0) is 13.2. The Balaban J connectivity index is 2.03. The molecular weight excluding hydrogens is 236 g/mol. The SMILES string of the molecule is CCc1ccc(C(=O)c2cnn3ccccc23)cc1. The average molecular weight is 250 g/mol. The summed E-state index contributed by atoms with van der Waals surface area (Å²) in [5.74, 6) is 0.0175. The molecule has 2 aromatic heterocycles. The molecule has 0 saturated heterocycles. The number of benzene rings is 1. The van der Waals surface area contributed by atoms with E-state index in [1.54, 1.807) is 10.7 Å². The molecule has 0 aliphatic heterocycles. The number of rotatable bonds is 3. The number of hydrogen-bond donors (Lipinski definition) is 0. The molecule has 0 aliphatic carbocycles. The van der Waals surface area contributed by atoms with E-state index < -0.39 is 0 Å². The van der Waals surface area contributed by atoms with Gasteiger partial charge in [-0.3, -0.25) is 4.79 Å². The van der Waals surface area contributed by atoms with Gasteiger partial charge in [-0.2, -0.15) is 5.10 Å². The van der Waals surface area contributed by atoms with Crippen molar-refractivity contribution in [2.45, 2.75) is 13.3 Å². The van der Waals surface area contributed by atoms with Crippen molar-refractivity contribution in [3.63, 3.8) is 0 Å². The minimum atomic E-state index is 0.0175. The number of pyridine rings is 1. The lowest BCUT2D eigenvalue weighted by Gasteiger charge is -2.01. The van der Waals surface area contributed by atoms with Gasteiger partial charge in [0.05, 0.1) is 17.3 Å². The highest BCUT2D eigenvalue weighted by Gasteiger charge is 2.14. The number of hydrogen-bond acceptors (Lipinski definition) is 2. The molecule has 0 N–H and O–H groups in total. The van der Waals surface area contributed by atoms with Crippen LogP contribution >= 0.6 is 0 Å². The molecule has 0 atom stereocenters. The van der Waals surface area contributed by atoms with Crippen LogP contribution in [0.1, 0.15) is 28.4 Å². The summed E-state index contributed by atoms with van der Waals surface area (Å²) in [5.41, 5.74) is 3.42. The molecule has 0 bridgehead atoms. The van der Waals surface area contributed by atoms with Gasteiger partial charge in [-0.05, 0) is 24.1 Å². The molecule has 3 heteroatoms. The van der Waals surface area contributed by atoms with Gasteiger partial charge in [0, 0.05) is 11.8 Å². The summed E-state index contributed by atoms with van der Waals surface area (Å²) in [6.07, 6.45) is 4.45. The highest BCUT2D eigenvalue weighted by Crippen LogP contribution is 2.16. The van der Waals surface area contributed by atoms with Gasteiger partial charge >= 0.3 is 0 Å². The lowest BCUT2D eigenvalue weighted by molar-refractivity contribution is 0.104. The van der Waals surface area contributed by atoms with E-state index in [1.165, 1.54) is 5.56 Å². The minimum absolute atomic E-state index is 0.0175. The Labute approximate surface area is 111 Å². The van der Waals surface area contributed by atoms with E-state index in [9.17, 15) is 4.79 Å². The summed E-state index contributed by atoms with van der Waals surface area (Å²) in [6.45, 7) is 2.10. The topological polar surface area (TPSA) is 34.4 Å². The van der Waals surface area contributed by atoms with Crippen LogP contribution in [0.3, 0.4) is 0 Å². The maximum absolute atomic E-state index is 12.5. The molecule has 0 aliphatic rings. The van der Waals surface area contributed by atoms with E-state index in [0.717, 1.165) is 11.9 Å². The van der Waals surface area contributed by atoms with Gasteiger partial charge in [-0.25, -0.2) is 4.52 Å². The Morgan fingerprint density at radius 2 is 1.95 bits per heavy atom. The second-order valence-corrected chi connectivity index (χ2v) is 4.47. The van der Waals surface area contributed by atoms with E-state index in [-0.39, 0.29) is 5.78 Å². The molecule has 0 saturated carbocycles. The van der Waals surface area contributed by atoms with Crippen LogP contribution in [-0.4, -0.2) is 15.4 Å². The fourth-order valence-corrected chi connectivity index (χ4v) is 2.16. The molecule has 1 aromatic carbocycles. The fraction of sp³-hybridized carbons (Fsp3) is 0.125. The predicted octanol–water partition coefficient (Wildman–Crippen LogP) is 3.13. The van der Waals surface area contributed by atoms with Crippen LogP contribution < -0.4 is 0 Å². The number of carbonyl (C=O) groups excluding carboxylic acids is 1.